The fraction of sp³-hybridized carbons (Fsp3) is 0.393. The van der Waals surface area contributed by atoms with Crippen LogP contribution in [0.25, 0.3) is 11.3 Å². The van der Waals surface area contributed by atoms with Gasteiger partial charge in [0, 0.05) is 28.6 Å². The monoisotopic (exact) mass is 501 g/mol. The first-order chi connectivity index (χ1) is 17.5. The molecule has 3 aromatic rings. The summed E-state index contributed by atoms with van der Waals surface area (Å²) < 4.78 is 9.99. The first kappa shape index (κ1) is 23.3. The lowest BCUT2D eigenvalue weighted by molar-refractivity contribution is -0.0394. The highest BCUT2D eigenvalue weighted by molar-refractivity contribution is 8.00. The van der Waals surface area contributed by atoms with Gasteiger partial charge in [-0.05, 0) is 87.5 Å². The summed E-state index contributed by atoms with van der Waals surface area (Å²) >= 11 is 1.40. The van der Waals surface area contributed by atoms with Gasteiger partial charge >= 0.3 is 0 Å². The van der Waals surface area contributed by atoms with Gasteiger partial charge in [-0.3, -0.25) is 14.4 Å². The summed E-state index contributed by atoms with van der Waals surface area (Å²) in [5.41, 5.74) is 4.94. The molecule has 0 saturated carbocycles. The molecule has 1 N–H and O–H groups in total. The van der Waals surface area contributed by atoms with Crippen molar-refractivity contribution in [2.75, 3.05) is 31.4 Å². The van der Waals surface area contributed by atoms with Crippen molar-refractivity contribution < 1.29 is 9.53 Å². The second kappa shape index (κ2) is 9.41. The first-order valence-electron chi connectivity index (χ1n) is 12.6. The molecule has 3 unspecified atom stereocenters. The number of benzene rings is 2. The van der Waals surface area contributed by atoms with Gasteiger partial charge in [0.25, 0.3) is 5.91 Å². The van der Waals surface area contributed by atoms with Gasteiger partial charge in [0.05, 0.1) is 18.3 Å². The maximum atomic E-state index is 13.6. The molecule has 6 rings (SSSR count). The quantitative estimate of drug-likeness (QED) is 0.480. The van der Waals surface area contributed by atoms with Crippen molar-refractivity contribution in [2.45, 2.75) is 43.7 Å². The van der Waals surface area contributed by atoms with E-state index in [-0.39, 0.29) is 18.1 Å². The molecule has 3 aliphatic heterocycles. The van der Waals surface area contributed by atoms with Gasteiger partial charge in [-0.2, -0.15) is 4.98 Å². The van der Waals surface area contributed by atoms with Crippen molar-refractivity contribution in [3.63, 3.8) is 0 Å². The summed E-state index contributed by atoms with van der Waals surface area (Å²) in [5.74, 6) is 1.46. The number of aromatic nitrogens is 2. The fourth-order valence-electron chi connectivity index (χ4n) is 6.04. The Bertz CT molecular complexity index is 1290. The zero-order valence-electron chi connectivity index (χ0n) is 20.9. The number of hydrogen-bond acceptors (Lipinski definition) is 7. The second-order valence-electron chi connectivity index (χ2n) is 10.2. The largest absolute Gasteiger partial charge is 0.471 e. The lowest BCUT2D eigenvalue weighted by Crippen LogP contribution is -2.63. The van der Waals surface area contributed by atoms with E-state index in [0.29, 0.717) is 29.9 Å². The molecule has 7 nitrogen and oxygen atoms in total. The molecule has 3 atom stereocenters. The summed E-state index contributed by atoms with van der Waals surface area (Å²) in [4.78, 5) is 28.5. The number of rotatable bonds is 1. The number of likely N-dealkylation sites (N-methyl/N-ethyl adjacent to an activating group) is 1. The molecule has 1 amide bonds. The predicted octanol–water partition coefficient (Wildman–Crippen LogP) is 4.81. The number of likely N-dealkylation sites (tertiary alicyclic amines) is 1. The number of aryl methyl sites for hydroxylation is 2. The van der Waals surface area contributed by atoms with Gasteiger partial charge in [-0.15, -0.1) is 0 Å². The van der Waals surface area contributed by atoms with E-state index in [1.54, 1.807) is 0 Å². The number of nitrogens with one attached hydrogen (secondary N) is 1. The van der Waals surface area contributed by atoms with Crippen molar-refractivity contribution in [1.82, 2.24) is 19.8 Å². The number of amides is 1. The number of carbonyl (C=O) groups is 1. The highest BCUT2D eigenvalue weighted by atomic mass is 32.2. The summed E-state index contributed by atoms with van der Waals surface area (Å²) in [6, 6.07) is 16.2. The van der Waals surface area contributed by atoms with Crippen LogP contribution >= 0.6 is 11.9 Å². The fourth-order valence-corrected chi connectivity index (χ4v) is 6.67. The second-order valence-corrected chi connectivity index (χ2v) is 11.0. The van der Waals surface area contributed by atoms with Crippen LogP contribution in [0.4, 0.5) is 5.95 Å². The molecule has 3 aliphatic rings. The average Bonchev–Trinajstić information content (AvgIpc) is 2.87. The Morgan fingerprint density at radius 3 is 2.69 bits per heavy atom. The van der Waals surface area contributed by atoms with Gasteiger partial charge in [-0.1, -0.05) is 24.3 Å². The lowest BCUT2D eigenvalue weighted by atomic mass is 9.82. The first-order valence-corrected chi connectivity index (χ1v) is 13.4. The van der Waals surface area contributed by atoms with Gasteiger partial charge in [-0.25, -0.2) is 4.98 Å². The van der Waals surface area contributed by atoms with Crippen LogP contribution in [0.5, 0.6) is 5.88 Å². The summed E-state index contributed by atoms with van der Waals surface area (Å²) in [5, 5.41) is 0. The number of piperidine rings is 2. The minimum absolute atomic E-state index is 0.0611. The van der Waals surface area contributed by atoms with E-state index in [0.717, 1.165) is 53.2 Å². The Balaban J connectivity index is 1.47. The molecule has 0 aliphatic carbocycles. The lowest BCUT2D eigenvalue weighted by Gasteiger charge is -2.49. The third-order valence-electron chi connectivity index (χ3n) is 7.65. The van der Waals surface area contributed by atoms with Crippen LogP contribution in [0, 0.1) is 19.8 Å². The van der Waals surface area contributed by atoms with Crippen LogP contribution in [0.15, 0.2) is 53.4 Å². The van der Waals surface area contributed by atoms with E-state index in [2.05, 4.69) is 48.7 Å². The molecule has 0 spiro atoms. The van der Waals surface area contributed by atoms with Crippen LogP contribution in [-0.4, -0.2) is 64.5 Å². The Morgan fingerprint density at radius 1 is 1.06 bits per heavy atom. The molecule has 0 radical (unpaired) electrons. The Morgan fingerprint density at radius 2 is 1.86 bits per heavy atom. The minimum Gasteiger partial charge on any atom is -0.471 e. The standard InChI is InChI=1S/C28H31N5O2S/c1-17-7-4-8-18(2)25(17)22-14-24-30-28(29-22)31-36-21-11-5-9-19(13-21)27(34)33-15-20-10-6-12-32(3)26(20)23(16-33)35-24/h4-5,7-9,11,13-14,20,23,26H,6,10,12,15-16H2,1-3H3,(H,29,30,31). The third-order valence-corrected chi connectivity index (χ3v) is 8.43. The topological polar surface area (TPSA) is 70.6 Å². The number of carbonyl (C=O) groups excluding carboxylic acids is 1. The highest BCUT2D eigenvalue weighted by Crippen LogP contribution is 2.35. The van der Waals surface area contributed by atoms with E-state index in [9.17, 15) is 4.79 Å². The van der Waals surface area contributed by atoms with E-state index >= 15 is 0 Å². The van der Waals surface area contributed by atoms with Gasteiger partial charge in [0.1, 0.15) is 6.10 Å². The molecule has 2 saturated heterocycles. The van der Waals surface area contributed by atoms with E-state index in [1.807, 2.05) is 35.2 Å². The molecule has 2 fully saturated rings. The van der Waals surface area contributed by atoms with Crippen LogP contribution in [0.3, 0.4) is 0 Å². The van der Waals surface area contributed by atoms with E-state index in [1.165, 1.54) is 11.9 Å². The average molecular weight is 502 g/mol. The Labute approximate surface area is 216 Å². The van der Waals surface area contributed by atoms with Crippen molar-refractivity contribution in [3.8, 4) is 17.1 Å². The van der Waals surface area contributed by atoms with Gasteiger partial charge < -0.3 is 9.64 Å². The molecule has 186 valence electrons. The predicted molar refractivity (Wildman–Crippen MR) is 142 cm³/mol. The molecular weight excluding hydrogens is 470 g/mol. The minimum atomic E-state index is -0.178. The molecular formula is C28H31N5O2S. The smallest absolute Gasteiger partial charge is 0.254 e. The van der Waals surface area contributed by atoms with E-state index in [4.69, 9.17) is 14.7 Å². The van der Waals surface area contributed by atoms with Crippen molar-refractivity contribution in [3.05, 3.63) is 65.2 Å². The summed E-state index contributed by atoms with van der Waals surface area (Å²) in [6.45, 7) is 6.54. The molecule has 4 heterocycles. The number of ether oxygens (including phenoxy) is 1. The zero-order chi connectivity index (χ0) is 24.8. The van der Waals surface area contributed by atoms with Gasteiger partial charge in [0.2, 0.25) is 11.8 Å². The number of anilines is 1. The van der Waals surface area contributed by atoms with Crippen LogP contribution in [0.2, 0.25) is 0 Å². The normalized spacial score (nSPS) is 23.9. The van der Waals surface area contributed by atoms with Crippen molar-refractivity contribution in [2.24, 2.45) is 5.92 Å². The third kappa shape index (κ3) is 4.33. The Hall–Kier alpha value is -3.10. The highest BCUT2D eigenvalue weighted by Gasteiger charge is 2.44. The number of nitrogens with zero attached hydrogens (tertiary/aromatic N) is 4. The molecule has 36 heavy (non-hydrogen) atoms. The zero-order valence-corrected chi connectivity index (χ0v) is 21.7. The van der Waals surface area contributed by atoms with Crippen LogP contribution in [0.1, 0.15) is 34.3 Å². The Kier molecular flexibility index (Phi) is 6.09. The maximum Gasteiger partial charge on any atom is 0.254 e. The van der Waals surface area contributed by atoms with E-state index < -0.39 is 0 Å². The summed E-state index contributed by atoms with van der Waals surface area (Å²) in [7, 11) is 2.17. The maximum absolute atomic E-state index is 13.6. The molecule has 1 aromatic heterocycles. The van der Waals surface area contributed by atoms with Crippen molar-refractivity contribution >= 4 is 23.8 Å². The number of fused-ring (bicyclic) bond motifs is 8. The van der Waals surface area contributed by atoms with Crippen molar-refractivity contribution in [1.29, 1.82) is 0 Å². The number of hydrogen-bond donors (Lipinski definition) is 1. The van der Waals surface area contributed by atoms with Crippen LogP contribution < -0.4 is 9.46 Å². The van der Waals surface area contributed by atoms with Crippen LogP contribution in [-0.2, 0) is 0 Å². The summed E-state index contributed by atoms with van der Waals surface area (Å²) in [6.07, 6.45) is 2.05. The molecule has 6 bridgehead atoms. The molecule has 8 heteroatoms. The SMILES string of the molecule is Cc1cccc(C)c1-c1cc2nc(n1)NSc1cccc(c1)C(=O)N1CC3CCCN(C)C3C(C1)O2. The molecule has 2 aromatic carbocycles. The van der Waals surface area contributed by atoms with Gasteiger partial charge in [0.15, 0.2) is 0 Å².